The van der Waals surface area contributed by atoms with E-state index >= 15 is 0 Å². The molecule has 0 radical (unpaired) electrons. The Hall–Kier alpha value is -0.710. The van der Waals surface area contributed by atoms with Crippen molar-refractivity contribution in [3.8, 4) is 11.5 Å². The summed E-state index contributed by atoms with van der Waals surface area (Å²) >= 11 is 8.88. The van der Waals surface area contributed by atoms with Crippen molar-refractivity contribution in [3.63, 3.8) is 0 Å². The zero-order valence-corrected chi connectivity index (χ0v) is 11.9. The van der Waals surface area contributed by atoms with Crippen LogP contribution in [0.15, 0.2) is 28.2 Å². The molecule has 0 fully saturated rings. The van der Waals surface area contributed by atoms with E-state index in [9.17, 15) is 0 Å². The maximum Gasteiger partial charge on any atom is 0.175 e. The fourth-order valence-electron chi connectivity index (χ4n) is 1.31. The number of ether oxygens (including phenoxy) is 2. The van der Waals surface area contributed by atoms with Gasteiger partial charge in [0.25, 0.3) is 0 Å². The molecule has 0 saturated carbocycles. The van der Waals surface area contributed by atoms with Gasteiger partial charge in [0, 0.05) is 12.1 Å². The molecule has 5 heteroatoms. The molecular weight excluding hydrogens is 305 g/mol. The molecule has 3 nitrogen and oxygen atoms in total. The lowest BCUT2D eigenvalue weighted by Gasteiger charge is -2.14. The van der Waals surface area contributed by atoms with Gasteiger partial charge in [-0.1, -0.05) is 11.6 Å². The highest BCUT2D eigenvalue weighted by molar-refractivity contribution is 9.10. The number of hydrogen-bond donors (Lipinski definition) is 1. The van der Waals surface area contributed by atoms with E-state index in [-0.39, 0.29) is 0 Å². The van der Waals surface area contributed by atoms with Gasteiger partial charge in [0.05, 0.1) is 11.1 Å². The second-order valence-corrected chi connectivity index (χ2v) is 4.32. The van der Waals surface area contributed by atoms with Crippen LogP contribution >= 0.6 is 27.5 Å². The SMILES string of the molecule is CCOc1cc(CN)cc(Br)c1OC/C=C/Cl. The Morgan fingerprint density at radius 2 is 2.18 bits per heavy atom. The van der Waals surface area contributed by atoms with Gasteiger partial charge < -0.3 is 15.2 Å². The van der Waals surface area contributed by atoms with Crippen LogP contribution in [-0.2, 0) is 6.54 Å². The van der Waals surface area contributed by atoms with Gasteiger partial charge >= 0.3 is 0 Å². The van der Waals surface area contributed by atoms with E-state index in [0.717, 1.165) is 10.0 Å². The van der Waals surface area contributed by atoms with Gasteiger partial charge in [-0.2, -0.15) is 0 Å². The molecule has 2 N–H and O–H groups in total. The fraction of sp³-hybridized carbons (Fsp3) is 0.333. The molecule has 1 aromatic rings. The summed E-state index contributed by atoms with van der Waals surface area (Å²) in [5, 5.41) is 0. The van der Waals surface area contributed by atoms with Crippen LogP contribution in [0.5, 0.6) is 11.5 Å². The van der Waals surface area contributed by atoms with E-state index < -0.39 is 0 Å². The first kappa shape index (κ1) is 14.4. The summed E-state index contributed by atoms with van der Waals surface area (Å²) in [7, 11) is 0. The maximum absolute atomic E-state index is 5.61. The molecule has 0 heterocycles. The van der Waals surface area contributed by atoms with Crippen LogP contribution in [0, 0.1) is 0 Å². The Labute approximate surface area is 115 Å². The molecule has 0 aromatic heterocycles. The van der Waals surface area contributed by atoms with Gasteiger partial charge in [0.1, 0.15) is 6.61 Å². The highest BCUT2D eigenvalue weighted by Gasteiger charge is 2.11. The van der Waals surface area contributed by atoms with Crippen molar-refractivity contribution >= 4 is 27.5 Å². The minimum atomic E-state index is 0.393. The molecule has 17 heavy (non-hydrogen) atoms. The summed E-state index contributed by atoms with van der Waals surface area (Å²) in [6.45, 7) is 3.35. The number of nitrogens with two attached hydrogens (primary N) is 1. The molecule has 1 aromatic carbocycles. The van der Waals surface area contributed by atoms with Crippen molar-refractivity contribution in [1.29, 1.82) is 0 Å². The molecule has 0 aliphatic heterocycles. The van der Waals surface area contributed by atoms with E-state index in [1.54, 1.807) is 6.08 Å². The minimum Gasteiger partial charge on any atom is -0.490 e. The Balaban J connectivity index is 2.98. The lowest BCUT2D eigenvalue weighted by molar-refractivity contribution is 0.295. The first-order valence-corrected chi connectivity index (χ1v) is 6.49. The molecule has 0 aliphatic rings. The molecule has 0 atom stereocenters. The monoisotopic (exact) mass is 319 g/mol. The van der Waals surface area contributed by atoms with Gasteiger partial charge in [-0.05, 0) is 46.6 Å². The third-order valence-electron chi connectivity index (χ3n) is 2.02. The van der Waals surface area contributed by atoms with Crippen LogP contribution in [-0.4, -0.2) is 13.2 Å². The van der Waals surface area contributed by atoms with Crippen molar-refractivity contribution in [3.05, 3.63) is 33.8 Å². The Kier molecular flexibility index (Phi) is 6.40. The molecule has 0 bridgehead atoms. The summed E-state index contributed by atoms with van der Waals surface area (Å²) < 4.78 is 11.9. The van der Waals surface area contributed by atoms with Crippen molar-refractivity contribution in [2.45, 2.75) is 13.5 Å². The largest absolute Gasteiger partial charge is 0.490 e. The summed E-state index contributed by atoms with van der Waals surface area (Å²) in [4.78, 5) is 0. The third kappa shape index (κ3) is 4.22. The van der Waals surface area contributed by atoms with Crippen LogP contribution in [0.3, 0.4) is 0 Å². The summed E-state index contributed by atoms with van der Waals surface area (Å²) in [6, 6.07) is 3.80. The van der Waals surface area contributed by atoms with Crippen molar-refractivity contribution in [2.24, 2.45) is 5.73 Å². The second-order valence-electron chi connectivity index (χ2n) is 3.21. The zero-order valence-electron chi connectivity index (χ0n) is 9.58. The van der Waals surface area contributed by atoms with E-state index in [0.29, 0.717) is 31.3 Å². The third-order valence-corrected chi connectivity index (χ3v) is 2.79. The molecule has 0 amide bonds. The second kappa shape index (κ2) is 7.58. The Morgan fingerprint density at radius 1 is 1.41 bits per heavy atom. The Morgan fingerprint density at radius 3 is 2.76 bits per heavy atom. The highest BCUT2D eigenvalue weighted by atomic mass is 79.9. The summed E-state index contributed by atoms with van der Waals surface area (Å²) in [5.41, 5.74) is 8.02. The van der Waals surface area contributed by atoms with Gasteiger partial charge in [-0.3, -0.25) is 0 Å². The topological polar surface area (TPSA) is 44.5 Å². The van der Waals surface area contributed by atoms with Gasteiger partial charge in [0.2, 0.25) is 0 Å². The Bertz CT molecular complexity index is 396. The molecule has 1 rings (SSSR count). The van der Waals surface area contributed by atoms with Crippen molar-refractivity contribution in [2.75, 3.05) is 13.2 Å². The number of hydrogen-bond acceptors (Lipinski definition) is 3. The normalized spacial score (nSPS) is 10.8. The van der Waals surface area contributed by atoms with E-state index in [4.69, 9.17) is 26.8 Å². The lowest BCUT2D eigenvalue weighted by atomic mass is 10.2. The average molecular weight is 321 g/mol. The van der Waals surface area contributed by atoms with Gasteiger partial charge in [-0.25, -0.2) is 0 Å². The standard InChI is InChI=1S/C12H15BrClNO2/c1-2-16-11-7-9(8-15)6-10(13)12(11)17-5-3-4-14/h3-4,6-7H,2,5,8,15H2,1H3/b4-3+. The first-order chi connectivity index (χ1) is 8.22. The quantitative estimate of drug-likeness (QED) is 0.873. The fourth-order valence-corrected chi connectivity index (χ4v) is 1.99. The summed E-state index contributed by atoms with van der Waals surface area (Å²) in [6.07, 6.45) is 1.71. The van der Waals surface area contributed by atoms with Gasteiger partial charge in [0.15, 0.2) is 11.5 Å². The number of rotatable bonds is 6. The zero-order chi connectivity index (χ0) is 12.7. The van der Waals surface area contributed by atoms with Crippen molar-refractivity contribution < 1.29 is 9.47 Å². The predicted octanol–water partition coefficient (Wildman–Crippen LogP) is 3.44. The van der Waals surface area contributed by atoms with Crippen LogP contribution < -0.4 is 15.2 Å². The number of halogens is 2. The average Bonchev–Trinajstić information content (AvgIpc) is 2.32. The molecule has 94 valence electrons. The molecule has 0 aliphatic carbocycles. The van der Waals surface area contributed by atoms with E-state index in [1.807, 2.05) is 19.1 Å². The summed E-state index contributed by atoms with van der Waals surface area (Å²) in [5.74, 6) is 1.35. The van der Waals surface area contributed by atoms with Crippen molar-refractivity contribution in [1.82, 2.24) is 0 Å². The maximum atomic E-state index is 5.61. The molecule has 0 spiro atoms. The van der Waals surface area contributed by atoms with E-state index in [1.165, 1.54) is 5.54 Å². The minimum absolute atomic E-state index is 0.393. The predicted molar refractivity (Wildman–Crippen MR) is 73.7 cm³/mol. The van der Waals surface area contributed by atoms with Crippen LogP contribution in [0.2, 0.25) is 0 Å². The first-order valence-electron chi connectivity index (χ1n) is 5.26. The van der Waals surface area contributed by atoms with Crippen LogP contribution in [0.4, 0.5) is 0 Å². The molecular formula is C12H15BrClNO2. The van der Waals surface area contributed by atoms with Gasteiger partial charge in [-0.15, -0.1) is 0 Å². The van der Waals surface area contributed by atoms with E-state index in [2.05, 4.69) is 15.9 Å². The smallest absolute Gasteiger partial charge is 0.175 e. The molecule has 0 unspecified atom stereocenters. The van der Waals surface area contributed by atoms with Crippen LogP contribution in [0.1, 0.15) is 12.5 Å². The molecule has 0 saturated heterocycles. The lowest BCUT2D eigenvalue weighted by Crippen LogP contribution is -2.03. The highest BCUT2D eigenvalue weighted by Crippen LogP contribution is 2.36. The van der Waals surface area contributed by atoms with Crippen LogP contribution in [0.25, 0.3) is 0 Å². The number of benzene rings is 1.